The maximum Gasteiger partial charge on any atom is 0.341 e. The van der Waals surface area contributed by atoms with Crippen molar-refractivity contribution in [1.29, 1.82) is 0 Å². The molecule has 3 N–H and O–H groups in total. The molecule has 0 saturated carbocycles. The van der Waals surface area contributed by atoms with Crippen molar-refractivity contribution < 1.29 is 9.59 Å². The standard InChI is InChI=1S/C16H22N6O3S/c1-2-4-12-18-11(9-26-12)14(23)17-7-10-5-3-6-22(8-10)15(24)13-19-16(25)21-20-13/h9-10H,2-8H2,1H3,(H,17,23)(H2,19,20,21,25). The number of thiazole rings is 1. The van der Waals surface area contributed by atoms with Crippen LogP contribution in [-0.2, 0) is 6.42 Å². The summed E-state index contributed by atoms with van der Waals surface area (Å²) in [5.74, 6) is -0.298. The number of nitrogens with zero attached hydrogens (tertiary/aromatic N) is 3. The third-order valence-electron chi connectivity index (χ3n) is 4.31. The lowest BCUT2D eigenvalue weighted by atomic mass is 9.98. The van der Waals surface area contributed by atoms with Gasteiger partial charge in [-0.2, -0.15) is 0 Å². The molecule has 2 aromatic heterocycles. The summed E-state index contributed by atoms with van der Waals surface area (Å²) >= 11 is 1.50. The molecule has 0 spiro atoms. The molecule has 26 heavy (non-hydrogen) atoms. The molecule has 3 heterocycles. The lowest BCUT2D eigenvalue weighted by molar-refractivity contribution is 0.0659. The molecule has 140 valence electrons. The fourth-order valence-electron chi connectivity index (χ4n) is 3.01. The second-order valence-corrected chi connectivity index (χ2v) is 7.31. The Hall–Kier alpha value is -2.49. The predicted octanol–water partition coefficient (Wildman–Crippen LogP) is 0.789. The van der Waals surface area contributed by atoms with Crippen molar-refractivity contribution in [2.75, 3.05) is 19.6 Å². The molecule has 1 unspecified atom stereocenters. The Morgan fingerprint density at radius 2 is 2.31 bits per heavy atom. The average molecular weight is 378 g/mol. The molecule has 9 nitrogen and oxygen atoms in total. The number of hydrogen-bond donors (Lipinski definition) is 3. The Balaban J connectivity index is 1.52. The topological polar surface area (TPSA) is 124 Å². The van der Waals surface area contributed by atoms with Gasteiger partial charge in [0.25, 0.3) is 11.8 Å². The number of hydrogen-bond acceptors (Lipinski definition) is 6. The number of amides is 2. The van der Waals surface area contributed by atoms with Crippen LogP contribution in [0.2, 0.25) is 0 Å². The summed E-state index contributed by atoms with van der Waals surface area (Å²) in [5.41, 5.74) is -0.0452. The molecule has 2 aromatic rings. The zero-order chi connectivity index (χ0) is 18.5. The first kappa shape index (κ1) is 18.3. The second-order valence-electron chi connectivity index (χ2n) is 6.37. The van der Waals surface area contributed by atoms with Gasteiger partial charge in [0, 0.05) is 25.0 Å². The quantitative estimate of drug-likeness (QED) is 0.685. The van der Waals surface area contributed by atoms with Crippen molar-refractivity contribution in [1.82, 2.24) is 30.4 Å². The van der Waals surface area contributed by atoms with Gasteiger partial charge in [-0.05, 0) is 31.6 Å². The summed E-state index contributed by atoms with van der Waals surface area (Å²) in [6.45, 7) is 3.70. The highest BCUT2D eigenvalue weighted by Gasteiger charge is 2.26. The van der Waals surface area contributed by atoms with Crippen LogP contribution in [-0.4, -0.2) is 56.5 Å². The fourth-order valence-corrected chi connectivity index (χ4v) is 3.89. The summed E-state index contributed by atoms with van der Waals surface area (Å²) in [6.07, 6.45) is 3.66. The van der Waals surface area contributed by atoms with E-state index in [9.17, 15) is 14.4 Å². The molecule has 0 bridgehead atoms. The minimum absolute atomic E-state index is 0.0191. The number of rotatable bonds is 6. The molecule has 1 aliphatic heterocycles. The predicted molar refractivity (Wildman–Crippen MR) is 96.3 cm³/mol. The number of carbonyl (C=O) groups excluding carboxylic acids is 2. The number of piperidine rings is 1. The number of aromatic nitrogens is 4. The number of aromatic amines is 2. The maximum atomic E-state index is 12.4. The average Bonchev–Trinajstić information content (AvgIpc) is 3.29. The highest BCUT2D eigenvalue weighted by Crippen LogP contribution is 2.17. The molecular formula is C16H22N6O3S. The third kappa shape index (κ3) is 4.37. The molecule has 0 aliphatic carbocycles. The minimum Gasteiger partial charge on any atom is -0.350 e. The Morgan fingerprint density at radius 1 is 1.46 bits per heavy atom. The van der Waals surface area contributed by atoms with Crippen molar-refractivity contribution in [3.63, 3.8) is 0 Å². The lowest BCUT2D eigenvalue weighted by Gasteiger charge is -2.32. The largest absolute Gasteiger partial charge is 0.350 e. The van der Waals surface area contributed by atoms with Crippen molar-refractivity contribution in [2.45, 2.75) is 32.6 Å². The molecule has 1 fully saturated rings. The SMILES string of the molecule is CCCc1nc(C(=O)NCC2CCCN(C(=O)c3n[nH]c(=O)[nH]3)C2)cs1. The molecule has 1 aliphatic rings. The Morgan fingerprint density at radius 3 is 3.04 bits per heavy atom. The normalized spacial score (nSPS) is 17.3. The molecule has 1 saturated heterocycles. The van der Waals surface area contributed by atoms with Crippen LogP contribution in [0.1, 0.15) is 52.3 Å². The first-order chi connectivity index (χ1) is 12.6. The van der Waals surface area contributed by atoms with E-state index < -0.39 is 5.69 Å². The highest BCUT2D eigenvalue weighted by atomic mass is 32.1. The highest BCUT2D eigenvalue weighted by molar-refractivity contribution is 7.09. The first-order valence-electron chi connectivity index (χ1n) is 8.73. The van der Waals surface area contributed by atoms with Gasteiger partial charge in [0.1, 0.15) is 5.69 Å². The van der Waals surface area contributed by atoms with Crippen LogP contribution in [0, 0.1) is 5.92 Å². The zero-order valence-corrected chi connectivity index (χ0v) is 15.4. The third-order valence-corrected chi connectivity index (χ3v) is 5.22. The summed E-state index contributed by atoms with van der Waals surface area (Å²) < 4.78 is 0. The first-order valence-corrected chi connectivity index (χ1v) is 9.61. The summed E-state index contributed by atoms with van der Waals surface area (Å²) in [5, 5.41) is 11.6. The van der Waals surface area contributed by atoms with Crippen LogP contribution in [0.15, 0.2) is 10.2 Å². The Bertz CT molecular complexity index is 826. The minimum atomic E-state index is -0.500. The fraction of sp³-hybridized carbons (Fsp3) is 0.562. The van der Waals surface area contributed by atoms with E-state index in [0.29, 0.717) is 25.3 Å². The van der Waals surface area contributed by atoms with Crippen LogP contribution in [0.3, 0.4) is 0 Å². The molecule has 3 rings (SSSR count). The van der Waals surface area contributed by atoms with Gasteiger partial charge < -0.3 is 10.2 Å². The van der Waals surface area contributed by atoms with Crippen molar-refractivity contribution in [2.24, 2.45) is 5.92 Å². The van der Waals surface area contributed by atoms with Gasteiger partial charge in [0.2, 0.25) is 5.82 Å². The summed E-state index contributed by atoms with van der Waals surface area (Å²) in [4.78, 5) is 44.1. The number of carbonyl (C=O) groups is 2. The van der Waals surface area contributed by atoms with E-state index in [2.05, 4.69) is 32.4 Å². The van der Waals surface area contributed by atoms with Gasteiger partial charge in [-0.25, -0.2) is 14.9 Å². The van der Waals surface area contributed by atoms with E-state index in [-0.39, 0.29) is 23.6 Å². The number of H-pyrrole nitrogens is 2. The molecule has 0 aromatic carbocycles. The van der Waals surface area contributed by atoms with Gasteiger partial charge >= 0.3 is 5.69 Å². The van der Waals surface area contributed by atoms with E-state index in [1.165, 1.54) is 11.3 Å². The van der Waals surface area contributed by atoms with E-state index in [0.717, 1.165) is 30.7 Å². The van der Waals surface area contributed by atoms with Crippen molar-refractivity contribution in [3.8, 4) is 0 Å². The van der Waals surface area contributed by atoms with Crippen molar-refractivity contribution in [3.05, 3.63) is 32.4 Å². The summed E-state index contributed by atoms with van der Waals surface area (Å²) in [6, 6.07) is 0. The second kappa shape index (κ2) is 8.26. The number of likely N-dealkylation sites (tertiary alicyclic amines) is 1. The molecule has 1 atom stereocenters. The molecule has 10 heteroatoms. The van der Waals surface area contributed by atoms with Gasteiger partial charge in [0.15, 0.2) is 0 Å². The Kier molecular flexibility index (Phi) is 5.82. The molecule has 0 radical (unpaired) electrons. The van der Waals surface area contributed by atoms with Gasteiger partial charge in [-0.1, -0.05) is 6.92 Å². The van der Waals surface area contributed by atoms with Gasteiger partial charge in [-0.15, -0.1) is 16.4 Å². The van der Waals surface area contributed by atoms with Gasteiger partial charge in [0.05, 0.1) is 5.01 Å². The molecular weight excluding hydrogens is 356 g/mol. The molecule has 2 amide bonds. The van der Waals surface area contributed by atoms with Crippen LogP contribution in [0.5, 0.6) is 0 Å². The number of nitrogens with one attached hydrogen (secondary N) is 3. The van der Waals surface area contributed by atoms with E-state index in [4.69, 9.17) is 0 Å². The van der Waals surface area contributed by atoms with Crippen LogP contribution < -0.4 is 11.0 Å². The van der Waals surface area contributed by atoms with Crippen LogP contribution >= 0.6 is 11.3 Å². The summed E-state index contributed by atoms with van der Waals surface area (Å²) in [7, 11) is 0. The van der Waals surface area contributed by atoms with E-state index >= 15 is 0 Å². The lowest BCUT2D eigenvalue weighted by Crippen LogP contribution is -2.44. The maximum absolute atomic E-state index is 12.4. The van der Waals surface area contributed by atoms with E-state index in [1.54, 1.807) is 10.3 Å². The smallest absolute Gasteiger partial charge is 0.341 e. The van der Waals surface area contributed by atoms with Gasteiger partial charge in [-0.3, -0.25) is 14.6 Å². The Labute approximate surface area is 154 Å². The van der Waals surface area contributed by atoms with E-state index in [1.807, 2.05) is 0 Å². The van der Waals surface area contributed by atoms with Crippen molar-refractivity contribution >= 4 is 23.2 Å². The van der Waals surface area contributed by atoms with Crippen LogP contribution in [0.4, 0.5) is 0 Å². The number of aryl methyl sites for hydroxylation is 1. The van der Waals surface area contributed by atoms with Crippen LogP contribution in [0.25, 0.3) is 0 Å². The zero-order valence-electron chi connectivity index (χ0n) is 14.6. The monoisotopic (exact) mass is 378 g/mol.